The Morgan fingerprint density at radius 3 is 2.21 bits per heavy atom. The number of hydrogen-bond donors (Lipinski definition) is 1. The van der Waals surface area contributed by atoms with Gasteiger partial charge in [0.25, 0.3) is 5.56 Å². The molecule has 0 bridgehead atoms. The third-order valence-corrected chi connectivity index (χ3v) is 11.5. The van der Waals surface area contributed by atoms with E-state index >= 15 is 0 Å². The van der Waals surface area contributed by atoms with Crippen LogP contribution in [-0.4, -0.2) is 83.8 Å². The second-order valence-electron chi connectivity index (χ2n) is 16.0. The number of carboxylic acid groups (broad SMARTS) is 1. The summed E-state index contributed by atoms with van der Waals surface area (Å²) in [6.45, 7) is 11.3. The van der Waals surface area contributed by atoms with Crippen LogP contribution in [0.3, 0.4) is 0 Å². The zero-order valence-corrected chi connectivity index (χ0v) is 30.6. The van der Waals surface area contributed by atoms with Crippen molar-refractivity contribution in [2.45, 2.75) is 109 Å². The predicted octanol–water partition coefficient (Wildman–Crippen LogP) is 7.07. The van der Waals surface area contributed by atoms with Crippen LogP contribution >= 0.6 is 0 Å². The highest BCUT2D eigenvalue weighted by Gasteiger charge is 2.37. The van der Waals surface area contributed by atoms with E-state index in [9.17, 15) is 23.9 Å². The Labute approximate surface area is 304 Å². The van der Waals surface area contributed by atoms with Gasteiger partial charge in [-0.25, -0.2) is 23.5 Å². The maximum atomic E-state index is 14.5. The molecule has 2 saturated heterocycles. The van der Waals surface area contributed by atoms with Crippen molar-refractivity contribution in [2.24, 2.45) is 0 Å². The molecule has 2 aromatic carbocycles. The number of rotatable bonds is 7. The van der Waals surface area contributed by atoms with E-state index in [1.165, 1.54) is 64.8 Å². The first-order valence-corrected chi connectivity index (χ1v) is 19.0. The molecule has 52 heavy (non-hydrogen) atoms. The SMILES string of the molecule is CC(C)(C)N(C(=O)O)[C@H]1CC[C@@H](n2c(=O)c3cc(F)cnc3n(-c3cccc(-c4ccc(CN5CCC(N6CCCCC6)CC5)cc4)c3)c2=O)CC1. The van der Waals surface area contributed by atoms with E-state index in [2.05, 4.69) is 39.0 Å². The lowest BCUT2D eigenvalue weighted by Gasteiger charge is -2.42. The average molecular weight is 711 g/mol. The molecule has 0 radical (unpaired) electrons. The maximum Gasteiger partial charge on any atom is 0.407 e. The quantitative estimate of drug-likeness (QED) is 0.219. The molecule has 276 valence electrons. The fourth-order valence-electron chi connectivity index (χ4n) is 8.91. The van der Waals surface area contributed by atoms with Gasteiger partial charge in [0, 0.05) is 30.2 Å². The van der Waals surface area contributed by atoms with Crippen molar-refractivity contribution in [1.82, 2.24) is 28.8 Å². The first-order valence-electron chi connectivity index (χ1n) is 19.0. The van der Waals surface area contributed by atoms with Crippen molar-refractivity contribution in [3.63, 3.8) is 0 Å². The van der Waals surface area contributed by atoms with E-state index in [0.29, 0.717) is 31.4 Å². The number of fused-ring (bicyclic) bond motifs is 1. The van der Waals surface area contributed by atoms with Crippen molar-refractivity contribution in [1.29, 1.82) is 0 Å². The number of benzene rings is 2. The van der Waals surface area contributed by atoms with E-state index in [1.807, 2.05) is 39.0 Å². The van der Waals surface area contributed by atoms with Gasteiger partial charge in [0.15, 0.2) is 5.65 Å². The summed E-state index contributed by atoms with van der Waals surface area (Å²) in [5.41, 5.74) is 2.08. The summed E-state index contributed by atoms with van der Waals surface area (Å²) < 4.78 is 17.2. The van der Waals surface area contributed by atoms with Gasteiger partial charge in [0.05, 0.1) is 17.3 Å². The number of pyridine rings is 1. The molecule has 10 nitrogen and oxygen atoms in total. The maximum absolute atomic E-state index is 14.5. The molecule has 2 aromatic heterocycles. The summed E-state index contributed by atoms with van der Waals surface area (Å²) in [7, 11) is 0. The summed E-state index contributed by atoms with van der Waals surface area (Å²) in [5.74, 6) is -0.660. The van der Waals surface area contributed by atoms with Crippen LogP contribution in [0.15, 0.2) is 70.4 Å². The molecule has 0 atom stereocenters. The predicted molar refractivity (Wildman–Crippen MR) is 202 cm³/mol. The van der Waals surface area contributed by atoms with Crippen LogP contribution in [0, 0.1) is 5.82 Å². The number of hydrogen-bond acceptors (Lipinski definition) is 6. The monoisotopic (exact) mass is 710 g/mol. The van der Waals surface area contributed by atoms with Crippen molar-refractivity contribution in [3.8, 4) is 16.8 Å². The van der Waals surface area contributed by atoms with Crippen LogP contribution in [0.5, 0.6) is 0 Å². The zero-order chi connectivity index (χ0) is 36.6. The Hall–Kier alpha value is -4.35. The Bertz CT molecular complexity index is 2010. The largest absolute Gasteiger partial charge is 0.465 e. The lowest BCUT2D eigenvalue weighted by molar-refractivity contribution is 0.0506. The van der Waals surface area contributed by atoms with Gasteiger partial charge in [-0.15, -0.1) is 0 Å². The molecule has 4 aromatic rings. The van der Waals surface area contributed by atoms with E-state index in [0.717, 1.165) is 49.1 Å². The third-order valence-electron chi connectivity index (χ3n) is 11.5. The van der Waals surface area contributed by atoms with Gasteiger partial charge in [0.2, 0.25) is 0 Å². The molecule has 3 fully saturated rings. The van der Waals surface area contributed by atoms with Gasteiger partial charge in [-0.05, 0) is 133 Å². The summed E-state index contributed by atoms with van der Waals surface area (Å²) in [6.07, 6.45) is 8.43. The van der Waals surface area contributed by atoms with E-state index < -0.39 is 34.7 Å². The lowest BCUT2D eigenvalue weighted by atomic mass is 9.88. The minimum Gasteiger partial charge on any atom is -0.465 e. The van der Waals surface area contributed by atoms with E-state index in [1.54, 1.807) is 6.07 Å². The number of piperidine rings is 2. The van der Waals surface area contributed by atoms with Crippen LogP contribution in [0.4, 0.5) is 9.18 Å². The van der Waals surface area contributed by atoms with Crippen molar-refractivity contribution in [2.75, 3.05) is 26.2 Å². The molecular weight excluding hydrogens is 659 g/mol. The minimum atomic E-state index is -0.986. The smallest absolute Gasteiger partial charge is 0.407 e. The molecule has 1 aliphatic carbocycles. The topological polar surface area (TPSA) is 104 Å². The highest BCUT2D eigenvalue weighted by Crippen LogP contribution is 2.34. The van der Waals surface area contributed by atoms with E-state index in [-0.39, 0.29) is 17.1 Å². The zero-order valence-electron chi connectivity index (χ0n) is 30.6. The van der Waals surface area contributed by atoms with Crippen molar-refractivity contribution < 1.29 is 14.3 Å². The molecule has 0 unspecified atom stereocenters. The normalized spacial score (nSPS) is 21.0. The number of halogens is 1. The molecule has 11 heteroatoms. The first-order chi connectivity index (χ1) is 25.0. The van der Waals surface area contributed by atoms with Crippen LogP contribution in [0.1, 0.15) is 90.2 Å². The molecule has 7 rings (SSSR count). The highest BCUT2D eigenvalue weighted by molar-refractivity contribution is 5.76. The van der Waals surface area contributed by atoms with Crippen LogP contribution in [0.2, 0.25) is 0 Å². The molecular formula is C41H51FN6O4. The molecule has 2 aliphatic heterocycles. The third kappa shape index (κ3) is 7.43. The molecule has 1 saturated carbocycles. The van der Waals surface area contributed by atoms with Crippen LogP contribution in [0.25, 0.3) is 27.8 Å². The lowest BCUT2D eigenvalue weighted by Crippen LogP contribution is -2.53. The summed E-state index contributed by atoms with van der Waals surface area (Å²) >= 11 is 0. The van der Waals surface area contributed by atoms with Crippen LogP contribution in [-0.2, 0) is 6.54 Å². The van der Waals surface area contributed by atoms with Gasteiger partial charge in [-0.1, -0.05) is 42.8 Å². The highest BCUT2D eigenvalue weighted by atomic mass is 19.1. The number of amides is 1. The molecule has 1 amide bonds. The Morgan fingerprint density at radius 1 is 0.865 bits per heavy atom. The number of nitrogens with zero attached hydrogens (tertiary/aromatic N) is 6. The second kappa shape index (κ2) is 14.9. The fourth-order valence-corrected chi connectivity index (χ4v) is 8.91. The van der Waals surface area contributed by atoms with Gasteiger partial charge >= 0.3 is 11.8 Å². The Balaban J connectivity index is 1.12. The molecule has 0 spiro atoms. The molecule has 4 heterocycles. The van der Waals surface area contributed by atoms with Gasteiger partial charge in [0.1, 0.15) is 5.82 Å². The minimum absolute atomic E-state index is 0.0262. The number of carbonyl (C=O) groups is 1. The number of likely N-dealkylation sites (tertiary alicyclic amines) is 2. The second-order valence-corrected chi connectivity index (χ2v) is 16.0. The van der Waals surface area contributed by atoms with Gasteiger partial charge < -0.3 is 14.9 Å². The average Bonchev–Trinajstić information content (AvgIpc) is 3.13. The first kappa shape index (κ1) is 36.0. The number of aromatic nitrogens is 3. The summed E-state index contributed by atoms with van der Waals surface area (Å²) in [4.78, 5) is 51.3. The van der Waals surface area contributed by atoms with E-state index in [4.69, 9.17) is 0 Å². The van der Waals surface area contributed by atoms with Crippen LogP contribution < -0.4 is 11.2 Å². The van der Waals surface area contributed by atoms with Gasteiger partial charge in [-0.3, -0.25) is 14.3 Å². The summed E-state index contributed by atoms with van der Waals surface area (Å²) in [5, 5.41) is 9.97. The van der Waals surface area contributed by atoms with Crippen molar-refractivity contribution in [3.05, 3.63) is 93.0 Å². The summed E-state index contributed by atoms with van der Waals surface area (Å²) in [6, 6.07) is 17.3. The Morgan fingerprint density at radius 2 is 1.56 bits per heavy atom. The van der Waals surface area contributed by atoms with Gasteiger partial charge in [-0.2, -0.15) is 0 Å². The fraction of sp³-hybridized carbons (Fsp3) is 0.512. The Kier molecular flexibility index (Phi) is 10.4. The molecule has 1 N–H and O–H groups in total. The molecule has 3 aliphatic rings. The van der Waals surface area contributed by atoms with Crippen molar-refractivity contribution >= 4 is 17.1 Å². The standard InChI is InChI=1S/C41H51FN6O4/c1-41(2,3)48(40(51)52)34-16-14-33(15-17-34)47-38(49)36-25-31(42)26-43-37(36)46(39(47)50)35-9-7-8-30(24-35)29-12-10-28(11-13-29)27-44-22-18-32(19-23-44)45-20-5-4-6-21-45/h7-13,24-26,32-34H,4-6,14-23,27H2,1-3H3,(H,51,52)/t33-,34+.